The molecule has 2 rings (SSSR count). The van der Waals surface area contributed by atoms with Crippen LogP contribution in [0, 0.1) is 6.92 Å². The van der Waals surface area contributed by atoms with Gasteiger partial charge in [0.2, 0.25) is 5.89 Å². The molecule has 0 aliphatic rings. The predicted molar refractivity (Wildman–Crippen MR) is 69.1 cm³/mol. The molecule has 2 aromatic rings. The van der Waals surface area contributed by atoms with Gasteiger partial charge in [0, 0.05) is 0 Å². The molecule has 1 N–H and O–H groups in total. The van der Waals surface area contributed by atoms with Crippen LogP contribution in [0.25, 0.3) is 10.8 Å². The summed E-state index contributed by atoms with van der Waals surface area (Å²) < 4.78 is 28.7. The van der Waals surface area contributed by atoms with E-state index < -0.39 is 9.84 Å². The van der Waals surface area contributed by atoms with E-state index in [0.29, 0.717) is 17.3 Å². The van der Waals surface area contributed by atoms with Gasteiger partial charge in [0.15, 0.2) is 9.84 Å². The third-order valence-corrected chi connectivity index (χ3v) is 4.76. The SMILES string of the molecule is Cc1oc(-c2cccs2)nc1CS(=O)(=O)CCO. The molecule has 0 aliphatic carbocycles. The molecule has 2 heterocycles. The number of hydrogen-bond acceptors (Lipinski definition) is 6. The van der Waals surface area contributed by atoms with Crippen molar-refractivity contribution in [2.45, 2.75) is 12.7 Å². The Hall–Kier alpha value is -1.18. The molecule has 7 heteroatoms. The van der Waals surface area contributed by atoms with Crippen LogP contribution in [-0.4, -0.2) is 30.9 Å². The van der Waals surface area contributed by atoms with Gasteiger partial charge in [-0.3, -0.25) is 0 Å². The first-order valence-electron chi connectivity index (χ1n) is 5.33. The first-order chi connectivity index (χ1) is 8.52. The van der Waals surface area contributed by atoms with E-state index in [1.165, 1.54) is 11.3 Å². The molecule has 0 aliphatic heterocycles. The number of nitrogens with zero attached hydrogens (tertiary/aromatic N) is 1. The summed E-state index contributed by atoms with van der Waals surface area (Å²) in [5, 5.41) is 10.6. The van der Waals surface area contributed by atoms with Gasteiger partial charge in [-0.1, -0.05) is 6.07 Å². The lowest BCUT2D eigenvalue weighted by Crippen LogP contribution is -2.13. The average Bonchev–Trinajstić information content (AvgIpc) is 2.88. The maximum Gasteiger partial charge on any atom is 0.236 e. The lowest BCUT2D eigenvalue weighted by molar-refractivity contribution is 0.319. The fourth-order valence-electron chi connectivity index (χ4n) is 1.49. The Balaban J connectivity index is 2.25. The summed E-state index contributed by atoms with van der Waals surface area (Å²) in [6.45, 7) is 1.31. The fraction of sp³-hybridized carbons (Fsp3) is 0.364. The summed E-state index contributed by atoms with van der Waals surface area (Å²) in [6, 6.07) is 3.74. The highest BCUT2D eigenvalue weighted by atomic mass is 32.2. The summed E-state index contributed by atoms with van der Waals surface area (Å²) in [5.74, 6) is 0.485. The van der Waals surface area contributed by atoms with E-state index in [0.717, 1.165) is 4.88 Å². The number of aryl methyl sites for hydroxylation is 1. The first kappa shape index (κ1) is 13.3. The van der Waals surface area contributed by atoms with Crippen LogP contribution in [0.2, 0.25) is 0 Å². The summed E-state index contributed by atoms with van der Waals surface area (Å²) in [4.78, 5) is 5.07. The fourth-order valence-corrected chi connectivity index (χ4v) is 3.24. The Kier molecular flexibility index (Phi) is 3.84. The van der Waals surface area contributed by atoms with Gasteiger partial charge < -0.3 is 9.52 Å². The van der Waals surface area contributed by atoms with Crippen molar-refractivity contribution >= 4 is 21.2 Å². The minimum Gasteiger partial charge on any atom is -0.440 e. The second-order valence-electron chi connectivity index (χ2n) is 3.81. The number of hydrogen-bond donors (Lipinski definition) is 1. The van der Waals surface area contributed by atoms with Crippen molar-refractivity contribution in [2.24, 2.45) is 0 Å². The summed E-state index contributed by atoms with van der Waals surface area (Å²) in [6.07, 6.45) is 0. The number of rotatable bonds is 5. The van der Waals surface area contributed by atoms with Crippen LogP contribution < -0.4 is 0 Å². The van der Waals surface area contributed by atoms with E-state index in [1.54, 1.807) is 6.92 Å². The molecule has 0 unspecified atom stereocenters. The van der Waals surface area contributed by atoms with Crippen LogP contribution in [-0.2, 0) is 15.6 Å². The van der Waals surface area contributed by atoms with Crippen molar-refractivity contribution in [1.29, 1.82) is 0 Å². The lowest BCUT2D eigenvalue weighted by Gasteiger charge is -1.98. The highest BCUT2D eigenvalue weighted by Crippen LogP contribution is 2.26. The molecule has 0 saturated heterocycles. The Morgan fingerprint density at radius 3 is 2.89 bits per heavy atom. The molecule has 2 aromatic heterocycles. The van der Waals surface area contributed by atoms with E-state index in [1.807, 2.05) is 17.5 Å². The quantitative estimate of drug-likeness (QED) is 0.903. The van der Waals surface area contributed by atoms with Crippen LogP contribution >= 0.6 is 11.3 Å². The Morgan fingerprint density at radius 1 is 1.50 bits per heavy atom. The summed E-state index contributed by atoms with van der Waals surface area (Å²) in [5.41, 5.74) is 0.409. The highest BCUT2D eigenvalue weighted by molar-refractivity contribution is 7.90. The second kappa shape index (κ2) is 5.21. The van der Waals surface area contributed by atoms with Crippen molar-refractivity contribution < 1.29 is 17.9 Å². The van der Waals surface area contributed by atoms with Crippen LogP contribution in [0.5, 0.6) is 0 Å². The molecule has 0 bridgehead atoms. The van der Waals surface area contributed by atoms with Gasteiger partial charge in [0.05, 0.1) is 28.7 Å². The van der Waals surface area contributed by atoms with E-state index >= 15 is 0 Å². The molecule has 0 saturated carbocycles. The van der Waals surface area contributed by atoms with Crippen molar-refractivity contribution in [1.82, 2.24) is 4.98 Å². The molecular weight excluding hydrogens is 274 g/mol. The highest BCUT2D eigenvalue weighted by Gasteiger charge is 2.18. The van der Waals surface area contributed by atoms with Crippen molar-refractivity contribution in [3.05, 3.63) is 29.0 Å². The van der Waals surface area contributed by atoms with E-state index in [2.05, 4.69) is 4.98 Å². The molecule has 98 valence electrons. The molecule has 0 radical (unpaired) electrons. The molecule has 0 fully saturated rings. The third kappa shape index (κ3) is 2.98. The van der Waals surface area contributed by atoms with Crippen LogP contribution in [0.3, 0.4) is 0 Å². The number of aliphatic hydroxyl groups is 1. The number of aromatic nitrogens is 1. The normalized spacial score (nSPS) is 11.9. The zero-order valence-electron chi connectivity index (χ0n) is 9.79. The number of thiophene rings is 1. The first-order valence-corrected chi connectivity index (χ1v) is 8.03. The zero-order valence-corrected chi connectivity index (χ0v) is 11.4. The van der Waals surface area contributed by atoms with Crippen LogP contribution in [0.1, 0.15) is 11.5 Å². The molecular formula is C11H13NO4S2. The number of aliphatic hydroxyl groups excluding tert-OH is 1. The van der Waals surface area contributed by atoms with Crippen LogP contribution in [0.15, 0.2) is 21.9 Å². The molecule has 0 atom stereocenters. The minimum absolute atomic E-state index is 0.200. The Morgan fingerprint density at radius 2 is 2.28 bits per heavy atom. The van der Waals surface area contributed by atoms with E-state index in [4.69, 9.17) is 9.52 Å². The van der Waals surface area contributed by atoms with Crippen molar-refractivity contribution in [2.75, 3.05) is 12.4 Å². The van der Waals surface area contributed by atoms with Gasteiger partial charge >= 0.3 is 0 Å². The van der Waals surface area contributed by atoms with Gasteiger partial charge in [-0.05, 0) is 18.4 Å². The molecule has 0 amide bonds. The van der Waals surface area contributed by atoms with Gasteiger partial charge in [0.1, 0.15) is 5.76 Å². The summed E-state index contributed by atoms with van der Waals surface area (Å²) in [7, 11) is -3.33. The van der Waals surface area contributed by atoms with Gasteiger partial charge in [-0.2, -0.15) is 0 Å². The average molecular weight is 287 g/mol. The monoisotopic (exact) mass is 287 g/mol. The molecule has 5 nitrogen and oxygen atoms in total. The Bertz CT molecular complexity index is 614. The van der Waals surface area contributed by atoms with Crippen molar-refractivity contribution in [3.8, 4) is 10.8 Å². The number of oxazole rings is 1. The molecule has 0 spiro atoms. The second-order valence-corrected chi connectivity index (χ2v) is 6.95. The Labute approximate surface area is 109 Å². The molecule has 0 aromatic carbocycles. The third-order valence-electron chi connectivity index (χ3n) is 2.38. The van der Waals surface area contributed by atoms with Gasteiger partial charge in [0.25, 0.3) is 0 Å². The number of sulfone groups is 1. The summed E-state index contributed by atoms with van der Waals surface area (Å²) >= 11 is 1.48. The zero-order chi connectivity index (χ0) is 13.2. The van der Waals surface area contributed by atoms with Crippen LogP contribution in [0.4, 0.5) is 0 Å². The van der Waals surface area contributed by atoms with Crippen molar-refractivity contribution in [3.63, 3.8) is 0 Å². The standard InChI is InChI=1S/C11H13NO4S2/c1-8-9(7-18(14,15)6-4-13)12-11(16-8)10-3-2-5-17-10/h2-3,5,13H,4,6-7H2,1H3. The minimum atomic E-state index is -3.33. The predicted octanol–water partition coefficient (Wildman–Crippen LogP) is 1.62. The van der Waals surface area contributed by atoms with E-state index in [9.17, 15) is 8.42 Å². The van der Waals surface area contributed by atoms with Gasteiger partial charge in [-0.15, -0.1) is 11.3 Å². The largest absolute Gasteiger partial charge is 0.440 e. The topological polar surface area (TPSA) is 80.4 Å². The maximum atomic E-state index is 11.6. The lowest BCUT2D eigenvalue weighted by atomic mass is 10.4. The smallest absolute Gasteiger partial charge is 0.236 e. The van der Waals surface area contributed by atoms with Gasteiger partial charge in [-0.25, -0.2) is 13.4 Å². The maximum absolute atomic E-state index is 11.6. The molecule has 18 heavy (non-hydrogen) atoms. The van der Waals surface area contributed by atoms with E-state index in [-0.39, 0.29) is 18.1 Å².